The Hall–Kier alpha value is -3.42. The minimum atomic E-state index is -0.786. The predicted molar refractivity (Wildman–Crippen MR) is 111 cm³/mol. The van der Waals surface area contributed by atoms with Gasteiger partial charge in [0.1, 0.15) is 11.1 Å². The first kappa shape index (κ1) is 20.3. The molecule has 8 nitrogen and oxygen atoms in total. The molecule has 1 N–H and O–H groups in total. The number of aryl methyl sites for hydroxylation is 2. The van der Waals surface area contributed by atoms with E-state index >= 15 is 0 Å². The highest BCUT2D eigenvalue weighted by Crippen LogP contribution is 2.24. The van der Waals surface area contributed by atoms with Crippen LogP contribution in [0.15, 0.2) is 46.1 Å². The van der Waals surface area contributed by atoms with Crippen molar-refractivity contribution in [2.24, 2.45) is 14.1 Å². The van der Waals surface area contributed by atoms with Crippen LogP contribution in [0.4, 0.5) is 5.69 Å². The van der Waals surface area contributed by atoms with Crippen LogP contribution in [0.25, 0.3) is 11.0 Å². The Morgan fingerprint density at radius 1 is 1.17 bits per heavy atom. The zero-order valence-electron chi connectivity index (χ0n) is 16.9. The standard InChI is InChI=1S/C21H24N4O4/c1-5-9-14-12-22-18-16(20(27)25(4)21(28)24(18)3)17(14)23-19(26)13(2)29-15-10-7-6-8-11-15/h6-8,10-13H,5,9H2,1-4H3,(H,22,23,26). The summed E-state index contributed by atoms with van der Waals surface area (Å²) in [5, 5.41) is 3.05. The van der Waals surface area contributed by atoms with Crippen LogP contribution in [0, 0.1) is 0 Å². The molecule has 152 valence electrons. The SMILES string of the molecule is CCCc1cnc2c(c1NC(=O)C(C)Oc1ccccc1)c(=O)n(C)c(=O)n2C. The van der Waals surface area contributed by atoms with Crippen molar-refractivity contribution < 1.29 is 9.53 Å². The van der Waals surface area contributed by atoms with Gasteiger partial charge in [0.15, 0.2) is 11.8 Å². The van der Waals surface area contributed by atoms with Crippen molar-refractivity contribution in [2.45, 2.75) is 32.8 Å². The molecule has 0 aliphatic carbocycles. The molecule has 3 aromatic rings. The number of para-hydroxylation sites is 1. The van der Waals surface area contributed by atoms with E-state index < -0.39 is 23.3 Å². The third-order valence-electron chi connectivity index (χ3n) is 4.74. The molecule has 1 unspecified atom stereocenters. The molecule has 0 radical (unpaired) electrons. The molecule has 0 aliphatic rings. The maximum absolute atomic E-state index is 12.8. The summed E-state index contributed by atoms with van der Waals surface area (Å²) in [5.74, 6) is 0.177. The number of benzene rings is 1. The number of ether oxygens (including phenoxy) is 1. The number of amides is 1. The molecule has 3 rings (SSSR count). The maximum atomic E-state index is 12.8. The number of carbonyl (C=O) groups excluding carboxylic acids is 1. The van der Waals surface area contributed by atoms with Crippen LogP contribution >= 0.6 is 0 Å². The number of hydrogen-bond acceptors (Lipinski definition) is 5. The van der Waals surface area contributed by atoms with Crippen molar-refractivity contribution >= 4 is 22.6 Å². The predicted octanol–water partition coefficient (Wildman–Crippen LogP) is 1.99. The molecule has 1 amide bonds. The minimum absolute atomic E-state index is 0.209. The van der Waals surface area contributed by atoms with Crippen LogP contribution in [-0.2, 0) is 25.3 Å². The average Bonchev–Trinajstić information content (AvgIpc) is 2.72. The van der Waals surface area contributed by atoms with E-state index in [-0.39, 0.29) is 11.0 Å². The van der Waals surface area contributed by atoms with Crippen LogP contribution in [0.3, 0.4) is 0 Å². The van der Waals surface area contributed by atoms with Gasteiger partial charge >= 0.3 is 5.69 Å². The number of pyridine rings is 1. The van der Waals surface area contributed by atoms with Gasteiger partial charge in [0, 0.05) is 20.3 Å². The van der Waals surface area contributed by atoms with E-state index in [0.29, 0.717) is 17.9 Å². The Morgan fingerprint density at radius 3 is 2.52 bits per heavy atom. The van der Waals surface area contributed by atoms with Crippen LogP contribution < -0.4 is 21.3 Å². The third kappa shape index (κ3) is 3.91. The lowest BCUT2D eigenvalue weighted by Crippen LogP contribution is -2.38. The van der Waals surface area contributed by atoms with Gasteiger partial charge in [-0.05, 0) is 31.0 Å². The summed E-state index contributed by atoms with van der Waals surface area (Å²) < 4.78 is 8.00. The second kappa shape index (κ2) is 8.30. The zero-order valence-corrected chi connectivity index (χ0v) is 16.9. The molecule has 0 spiro atoms. The topological polar surface area (TPSA) is 95.2 Å². The molecule has 2 heterocycles. The summed E-state index contributed by atoms with van der Waals surface area (Å²) >= 11 is 0. The summed E-state index contributed by atoms with van der Waals surface area (Å²) in [4.78, 5) is 42.2. The molecular formula is C21H24N4O4. The zero-order chi connectivity index (χ0) is 21.1. The van der Waals surface area contributed by atoms with Gasteiger partial charge in [-0.25, -0.2) is 9.78 Å². The average molecular weight is 396 g/mol. The highest BCUT2D eigenvalue weighted by Gasteiger charge is 2.21. The van der Waals surface area contributed by atoms with Gasteiger partial charge in [-0.2, -0.15) is 0 Å². The van der Waals surface area contributed by atoms with Gasteiger partial charge < -0.3 is 10.1 Å². The van der Waals surface area contributed by atoms with E-state index in [9.17, 15) is 14.4 Å². The first-order valence-corrected chi connectivity index (χ1v) is 9.45. The van der Waals surface area contributed by atoms with Gasteiger partial charge in [-0.3, -0.25) is 18.7 Å². The van der Waals surface area contributed by atoms with Crippen LogP contribution in [-0.4, -0.2) is 26.1 Å². The Kier molecular flexibility index (Phi) is 5.81. The largest absolute Gasteiger partial charge is 0.481 e. The number of hydrogen-bond donors (Lipinski definition) is 1. The molecule has 2 aromatic heterocycles. The van der Waals surface area contributed by atoms with Crippen molar-refractivity contribution in [3.63, 3.8) is 0 Å². The molecule has 0 saturated heterocycles. The Bertz CT molecular complexity index is 1170. The smallest absolute Gasteiger partial charge is 0.332 e. The highest BCUT2D eigenvalue weighted by atomic mass is 16.5. The van der Waals surface area contributed by atoms with E-state index in [1.165, 1.54) is 11.6 Å². The van der Waals surface area contributed by atoms with E-state index in [4.69, 9.17) is 4.74 Å². The van der Waals surface area contributed by atoms with Gasteiger partial charge in [0.2, 0.25) is 0 Å². The molecule has 1 aromatic carbocycles. The van der Waals surface area contributed by atoms with Crippen molar-refractivity contribution in [3.8, 4) is 5.75 Å². The van der Waals surface area contributed by atoms with E-state index in [0.717, 1.165) is 16.6 Å². The Morgan fingerprint density at radius 2 is 1.86 bits per heavy atom. The Balaban J connectivity index is 2.07. The van der Waals surface area contributed by atoms with E-state index in [1.807, 2.05) is 25.1 Å². The van der Waals surface area contributed by atoms with Gasteiger partial charge in [-0.1, -0.05) is 31.5 Å². The van der Waals surface area contributed by atoms with Gasteiger partial charge in [0.05, 0.1) is 5.69 Å². The number of nitrogens with zero attached hydrogens (tertiary/aromatic N) is 3. The number of fused-ring (bicyclic) bond motifs is 1. The number of nitrogens with one attached hydrogen (secondary N) is 1. The summed E-state index contributed by atoms with van der Waals surface area (Å²) in [5.41, 5.74) is 0.360. The lowest BCUT2D eigenvalue weighted by molar-refractivity contribution is -0.122. The molecule has 0 saturated carbocycles. The molecule has 29 heavy (non-hydrogen) atoms. The number of carbonyl (C=O) groups is 1. The number of rotatable bonds is 6. The second-order valence-corrected chi connectivity index (χ2v) is 6.88. The molecule has 0 aliphatic heterocycles. The van der Waals surface area contributed by atoms with Gasteiger partial charge in [0.25, 0.3) is 11.5 Å². The van der Waals surface area contributed by atoms with Gasteiger partial charge in [-0.15, -0.1) is 0 Å². The van der Waals surface area contributed by atoms with Crippen LogP contribution in [0.1, 0.15) is 25.8 Å². The minimum Gasteiger partial charge on any atom is -0.481 e. The van der Waals surface area contributed by atoms with Crippen LogP contribution in [0.5, 0.6) is 5.75 Å². The van der Waals surface area contributed by atoms with Crippen molar-refractivity contribution in [1.82, 2.24) is 14.1 Å². The van der Waals surface area contributed by atoms with Crippen LogP contribution in [0.2, 0.25) is 0 Å². The fourth-order valence-corrected chi connectivity index (χ4v) is 3.15. The first-order chi connectivity index (χ1) is 13.8. The molecule has 0 fully saturated rings. The fraction of sp³-hybridized carbons (Fsp3) is 0.333. The van der Waals surface area contributed by atoms with Crippen molar-refractivity contribution in [1.29, 1.82) is 0 Å². The lowest BCUT2D eigenvalue weighted by Gasteiger charge is -2.18. The third-order valence-corrected chi connectivity index (χ3v) is 4.74. The summed E-state index contributed by atoms with van der Waals surface area (Å²) in [7, 11) is 2.95. The molecule has 0 bridgehead atoms. The summed E-state index contributed by atoms with van der Waals surface area (Å²) in [6.45, 7) is 3.63. The quantitative estimate of drug-likeness (QED) is 0.688. The molecular weight excluding hydrogens is 372 g/mol. The Labute approximate surface area is 167 Å². The summed E-state index contributed by atoms with van der Waals surface area (Å²) in [6.07, 6.45) is 2.24. The highest BCUT2D eigenvalue weighted by molar-refractivity contribution is 6.02. The monoisotopic (exact) mass is 396 g/mol. The first-order valence-electron chi connectivity index (χ1n) is 9.45. The number of anilines is 1. The normalized spacial score (nSPS) is 12.0. The van der Waals surface area contributed by atoms with Crippen molar-refractivity contribution in [2.75, 3.05) is 5.32 Å². The fourth-order valence-electron chi connectivity index (χ4n) is 3.15. The van der Waals surface area contributed by atoms with E-state index in [2.05, 4.69) is 10.3 Å². The van der Waals surface area contributed by atoms with E-state index in [1.54, 1.807) is 32.3 Å². The second-order valence-electron chi connectivity index (χ2n) is 6.88. The molecule has 8 heteroatoms. The van der Waals surface area contributed by atoms with Crippen molar-refractivity contribution in [3.05, 3.63) is 62.9 Å². The molecule has 1 atom stereocenters. The number of aromatic nitrogens is 3. The maximum Gasteiger partial charge on any atom is 0.332 e. The summed E-state index contributed by atoms with van der Waals surface area (Å²) in [6, 6.07) is 9.02. The lowest BCUT2D eigenvalue weighted by atomic mass is 10.1.